The van der Waals surface area contributed by atoms with Crippen LogP contribution in [0.3, 0.4) is 0 Å². The van der Waals surface area contributed by atoms with Crippen molar-refractivity contribution in [2.24, 2.45) is 0 Å². The largest absolute Gasteiger partial charge is 0.492 e. The fourth-order valence-electron chi connectivity index (χ4n) is 4.62. The lowest BCUT2D eigenvalue weighted by Crippen LogP contribution is -2.33. The number of rotatable bonds is 6. The van der Waals surface area contributed by atoms with Crippen LogP contribution in [0.1, 0.15) is 69.7 Å². The molecule has 2 aromatic carbocycles. The summed E-state index contributed by atoms with van der Waals surface area (Å²) in [6.45, 7) is 13.3. The molecule has 162 valence electrons. The van der Waals surface area contributed by atoms with E-state index in [4.69, 9.17) is 4.74 Å². The van der Waals surface area contributed by atoms with Gasteiger partial charge in [0.15, 0.2) is 0 Å². The summed E-state index contributed by atoms with van der Waals surface area (Å²) in [7, 11) is 0. The average molecular weight is 414 g/mol. The Morgan fingerprint density at radius 1 is 0.903 bits per heavy atom. The molecule has 4 rings (SSSR count). The fraction of sp³-hybridized carbons (Fsp3) is 0.379. The van der Waals surface area contributed by atoms with Gasteiger partial charge in [0.25, 0.3) is 0 Å². The molecule has 1 aliphatic rings. The quantitative estimate of drug-likeness (QED) is 0.382. The lowest BCUT2D eigenvalue weighted by atomic mass is 9.63. The van der Waals surface area contributed by atoms with Gasteiger partial charge in [-0.1, -0.05) is 64.1 Å². The van der Waals surface area contributed by atoms with Crippen molar-refractivity contribution in [2.45, 2.75) is 64.8 Å². The number of hydrogen-bond donors (Lipinski definition) is 0. The van der Waals surface area contributed by atoms with Crippen LogP contribution in [0.2, 0.25) is 0 Å². The summed E-state index contributed by atoms with van der Waals surface area (Å²) in [6, 6.07) is 19.6. The molecule has 0 saturated carbocycles. The third-order valence-electron chi connectivity index (χ3n) is 6.86. The Hall–Kier alpha value is -2.74. The lowest BCUT2D eigenvalue weighted by molar-refractivity contribution is 0.298. The summed E-state index contributed by atoms with van der Waals surface area (Å²) in [5, 5.41) is 0. The molecule has 0 amide bonds. The molecule has 0 aliphatic heterocycles. The van der Waals surface area contributed by atoms with Gasteiger partial charge in [-0.3, -0.25) is 0 Å². The van der Waals surface area contributed by atoms with Gasteiger partial charge in [-0.05, 0) is 82.7 Å². The maximum absolute atomic E-state index is 5.89. The standard InChI is InChI=1S/C29H35NO/c1-22(24-10-13-26-27(21-24)29(4,5)15-14-28(26,2)3)20-23-8-11-25(12-9-23)31-19-18-30-16-6-7-17-30/h6-13,16-17,20-21H,14-15,18-19H2,1-5H3/b22-20+. The third-order valence-corrected chi connectivity index (χ3v) is 6.86. The molecule has 0 bridgehead atoms. The number of hydrogen-bond acceptors (Lipinski definition) is 1. The van der Waals surface area contributed by atoms with E-state index in [1.807, 2.05) is 12.1 Å². The Labute approximate surface area is 187 Å². The van der Waals surface area contributed by atoms with Crippen LogP contribution in [0.25, 0.3) is 11.6 Å². The second-order valence-corrected chi connectivity index (χ2v) is 10.2. The van der Waals surface area contributed by atoms with Gasteiger partial charge in [0.2, 0.25) is 0 Å². The first-order valence-electron chi connectivity index (χ1n) is 11.4. The zero-order valence-electron chi connectivity index (χ0n) is 19.6. The van der Waals surface area contributed by atoms with Gasteiger partial charge in [-0.15, -0.1) is 0 Å². The lowest BCUT2D eigenvalue weighted by Gasteiger charge is -2.42. The van der Waals surface area contributed by atoms with E-state index >= 15 is 0 Å². The molecule has 31 heavy (non-hydrogen) atoms. The third kappa shape index (κ3) is 4.79. The monoisotopic (exact) mass is 413 g/mol. The Morgan fingerprint density at radius 2 is 1.55 bits per heavy atom. The second-order valence-electron chi connectivity index (χ2n) is 10.2. The van der Waals surface area contributed by atoms with Crippen molar-refractivity contribution < 1.29 is 4.74 Å². The van der Waals surface area contributed by atoms with Gasteiger partial charge in [0.05, 0.1) is 6.54 Å². The topological polar surface area (TPSA) is 14.2 Å². The average Bonchev–Trinajstić information content (AvgIpc) is 3.26. The molecule has 0 spiro atoms. The minimum Gasteiger partial charge on any atom is -0.492 e. The Morgan fingerprint density at radius 3 is 2.23 bits per heavy atom. The van der Waals surface area contributed by atoms with Crippen LogP contribution in [0.4, 0.5) is 0 Å². The van der Waals surface area contributed by atoms with Gasteiger partial charge >= 0.3 is 0 Å². The number of fused-ring (bicyclic) bond motifs is 1. The first-order chi connectivity index (χ1) is 14.7. The number of nitrogens with zero attached hydrogens (tertiary/aromatic N) is 1. The van der Waals surface area contributed by atoms with E-state index in [-0.39, 0.29) is 10.8 Å². The maximum Gasteiger partial charge on any atom is 0.119 e. The summed E-state index contributed by atoms with van der Waals surface area (Å²) < 4.78 is 8.01. The number of ether oxygens (including phenoxy) is 1. The molecule has 0 radical (unpaired) electrons. The van der Waals surface area contributed by atoms with Gasteiger partial charge in [0.1, 0.15) is 12.4 Å². The van der Waals surface area contributed by atoms with Crippen LogP contribution >= 0.6 is 0 Å². The van der Waals surface area contributed by atoms with Gasteiger partial charge in [-0.2, -0.15) is 0 Å². The molecule has 3 aromatic rings. The number of aromatic nitrogens is 1. The highest BCUT2D eigenvalue weighted by Crippen LogP contribution is 2.46. The SMILES string of the molecule is C/C(=C\c1ccc(OCCn2cccc2)cc1)c1ccc2c(c1)C(C)(C)CCC2(C)C. The van der Waals surface area contributed by atoms with Crippen LogP contribution in [0.15, 0.2) is 67.0 Å². The predicted molar refractivity (Wildman–Crippen MR) is 132 cm³/mol. The number of benzene rings is 2. The fourth-order valence-corrected chi connectivity index (χ4v) is 4.62. The molecule has 0 atom stereocenters. The van der Waals surface area contributed by atoms with Crippen LogP contribution in [0.5, 0.6) is 5.75 Å². The maximum atomic E-state index is 5.89. The Bertz CT molecular complexity index is 1050. The molecular formula is C29H35NO. The second kappa shape index (κ2) is 8.42. The molecule has 0 fully saturated rings. The van der Waals surface area contributed by atoms with Crippen molar-refractivity contribution in [3.8, 4) is 5.75 Å². The summed E-state index contributed by atoms with van der Waals surface area (Å²) in [4.78, 5) is 0. The Balaban J connectivity index is 1.48. The summed E-state index contributed by atoms with van der Waals surface area (Å²) in [6.07, 6.45) is 8.88. The van der Waals surface area contributed by atoms with E-state index < -0.39 is 0 Å². The van der Waals surface area contributed by atoms with E-state index in [0.717, 1.165) is 12.3 Å². The van der Waals surface area contributed by atoms with E-state index in [9.17, 15) is 0 Å². The molecule has 0 saturated heterocycles. The van der Waals surface area contributed by atoms with Crippen molar-refractivity contribution >= 4 is 11.6 Å². The molecule has 1 aromatic heterocycles. The zero-order chi connectivity index (χ0) is 22.1. The predicted octanol–water partition coefficient (Wildman–Crippen LogP) is 7.48. The minimum absolute atomic E-state index is 0.237. The zero-order valence-corrected chi connectivity index (χ0v) is 19.6. The van der Waals surface area contributed by atoms with Crippen LogP contribution in [-0.4, -0.2) is 11.2 Å². The van der Waals surface area contributed by atoms with Crippen molar-refractivity contribution in [1.82, 2.24) is 4.57 Å². The Kier molecular flexibility index (Phi) is 5.83. The molecular weight excluding hydrogens is 378 g/mol. The van der Waals surface area contributed by atoms with E-state index in [0.29, 0.717) is 6.61 Å². The van der Waals surface area contributed by atoms with Crippen LogP contribution in [-0.2, 0) is 17.4 Å². The van der Waals surface area contributed by atoms with Crippen molar-refractivity contribution in [3.05, 3.63) is 89.2 Å². The highest BCUT2D eigenvalue weighted by atomic mass is 16.5. The van der Waals surface area contributed by atoms with E-state index in [1.165, 1.54) is 40.7 Å². The molecule has 1 heterocycles. The minimum atomic E-state index is 0.237. The van der Waals surface area contributed by atoms with Crippen molar-refractivity contribution in [2.75, 3.05) is 6.61 Å². The van der Waals surface area contributed by atoms with Crippen LogP contribution in [0, 0.1) is 0 Å². The van der Waals surface area contributed by atoms with Gasteiger partial charge in [0, 0.05) is 12.4 Å². The first-order valence-corrected chi connectivity index (χ1v) is 11.4. The van der Waals surface area contributed by atoms with E-state index in [2.05, 4.69) is 100 Å². The van der Waals surface area contributed by atoms with Gasteiger partial charge < -0.3 is 9.30 Å². The number of allylic oxidation sites excluding steroid dienone is 1. The molecule has 2 heteroatoms. The molecule has 1 aliphatic carbocycles. The highest BCUT2D eigenvalue weighted by molar-refractivity contribution is 5.80. The molecule has 0 unspecified atom stereocenters. The normalized spacial score (nSPS) is 17.3. The van der Waals surface area contributed by atoms with Gasteiger partial charge in [-0.25, -0.2) is 0 Å². The molecule has 2 nitrogen and oxygen atoms in total. The van der Waals surface area contributed by atoms with E-state index in [1.54, 1.807) is 0 Å². The van der Waals surface area contributed by atoms with Crippen LogP contribution < -0.4 is 4.74 Å². The van der Waals surface area contributed by atoms with Crippen molar-refractivity contribution in [1.29, 1.82) is 0 Å². The first kappa shape index (κ1) is 21.5. The molecule has 0 N–H and O–H groups in total. The summed E-state index contributed by atoms with van der Waals surface area (Å²) >= 11 is 0. The smallest absolute Gasteiger partial charge is 0.119 e. The summed E-state index contributed by atoms with van der Waals surface area (Å²) in [5.41, 5.74) is 7.34. The summed E-state index contributed by atoms with van der Waals surface area (Å²) in [5.74, 6) is 0.916. The van der Waals surface area contributed by atoms with Crippen molar-refractivity contribution in [3.63, 3.8) is 0 Å². The highest BCUT2D eigenvalue weighted by Gasteiger charge is 2.36.